The Bertz CT molecular complexity index is 895. The highest BCUT2D eigenvalue weighted by atomic mass is 35.5. The average Bonchev–Trinajstić information content (AvgIpc) is 3.10. The Morgan fingerprint density at radius 3 is 2.92 bits per heavy atom. The number of benzene rings is 1. The third kappa shape index (κ3) is 3.08. The Morgan fingerprint density at radius 1 is 1.28 bits per heavy atom. The molecule has 1 aliphatic rings. The van der Waals surface area contributed by atoms with Gasteiger partial charge in [-0.15, -0.1) is 0 Å². The molecular formula is C18H16ClN5O. The number of imidazole rings is 1. The number of pyridine rings is 1. The molecule has 6 nitrogen and oxygen atoms in total. The van der Waals surface area contributed by atoms with Gasteiger partial charge in [0, 0.05) is 41.8 Å². The highest BCUT2D eigenvalue weighted by Gasteiger charge is 2.34. The number of hydrogen-bond acceptors (Lipinski definition) is 3. The van der Waals surface area contributed by atoms with Crippen LogP contribution in [0.3, 0.4) is 0 Å². The van der Waals surface area contributed by atoms with E-state index in [1.807, 2.05) is 18.2 Å². The molecule has 3 heterocycles. The molecule has 25 heavy (non-hydrogen) atoms. The lowest BCUT2D eigenvalue weighted by Crippen LogP contribution is -2.43. The summed E-state index contributed by atoms with van der Waals surface area (Å²) in [5.74, 6) is 0. The van der Waals surface area contributed by atoms with E-state index in [1.54, 1.807) is 41.8 Å². The minimum Gasteiger partial charge on any atom is -0.348 e. The molecule has 0 saturated carbocycles. The molecule has 0 aliphatic carbocycles. The first-order chi connectivity index (χ1) is 12.2. The zero-order valence-corrected chi connectivity index (χ0v) is 14.1. The molecule has 3 aromatic rings. The van der Waals surface area contributed by atoms with E-state index in [1.165, 1.54) is 0 Å². The Kier molecular flexibility index (Phi) is 4.11. The Balaban J connectivity index is 1.66. The molecule has 2 aromatic heterocycles. The fraction of sp³-hybridized carbons (Fsp3) is 0.167. The second-order valence-electron chi connectivity index (χ2n) is 5.83. The van der Waals surface area contributed by atoms with Gasteiger partial charge in [0.05, 0.1) is 12.0 Å². The van der Waals surface area contributed by atoms with Crippen molar-refractivity contribution in [2.24, 2.45) is 0 Å². The standard InChI is InChI=1S/C18H16ClN5O/c19-13-2-1-3-14(10-13)23-18(25)24-9-6-15-16(22-11-21-15)17(24)12-4-7-20-8-5-12/h1-5,7-8,10-11,17H,6,9H2,(H,21,22)(H,23,25)/t17-/m1/s1. The second-order valence-corrected chi connectivity index (χ2v) is 6.27. The molecule has 2 N–H and O–H groups in total. The minimum absolute atomic E-state index is 0.183. The van der Waals surface area contributed by atoms with Crippen molar-refractivity contribution in [1.82, 2.24) is 19.9 Å². The largest absolute Gasteiger partial charge is 0.348 e. The van der Waals surface area contributed by atoms with Crippen LogP contribution in [-0.4, -0.2) is 32.4 Å². The summed E-state index contributed by atoms with van der Waals surface area (Å²) in [4.78, 5) is 26.4. The van der Waals surface area contributed by atoms with E-state index in [9.17, 15) is 4.79 Å². The summed E-state index contributed by atoms with van der Waals surface area (Å²) >= 11 is 6.00. The van der Waals surface area contributed by atoms with Crippen LogP contribution in [0.1, 0.15) is 23.0 Å². The molecule has 0 unspecified atom stereocenters. The molecule has 126 valence electrons. The first-order valence-electron chi connectivity index (χ1n) is 7.97. The third-order valence-corrected chi connectivity index (χ3v) is 4.52. The van der Waals surface area contributed by atoms with Crippen LogP contribution in [0.5, 0.6) is 0 Å². The minimum atomic E-state index is -0.253. The van der Waals surface area contributed by atoms with Crippen LogP contribution < -0.4 is 5.32 Å². The Hall–Kier alpha value is -2.86. The van der Waals surface area contributed by atoms with Gasteiger partial charge in [-0.1, -0.05) is 17.7 Å². The number of nitrogens with one attached hydrogen (secondary N) is 2. The van der Waals surface area contributed by atoms with E-state index < -0.39 is 0 Å². The number of halogens is 1. The van der Waals surface area contributed by atoms with Gasteiger partial charge in [-0.3, -0.25) is 4.98 Å². The summed E-state index contributed by atoms with van der Waals surface area (Å²) in [5.41, 5.74) is 3.58. The van der Waals surface area contributed by atoms with E-state index in [4.69, 9.17) is 11.6 Å². The maximum Gasteiger partial charge on any atom is 0.322 e. The first-order valence-corrected chi connectivity index (χ1v) is 8.35. The smallest absolute Gasteiger partial charge is 0.322 e. The third-order valence-electron chi connectivity index (χ3n) is 4.28. The summed E-state index contributed by atoms with van der Waals surface area (Å²) < 4.78 is 0. The van der Waals surface area contributed by atoms with Crippen molar-refractivity contribution in [1.29, 1.82) is 0 Å². The number of fused-ring (bicyclic) bond motifs is 1. The van der Waals surface area contributed by atoms with Gasteiger partial charge < -0.3 is 15.2 Å². The Morgan fingerprint density at radius 2 is 2.12 bits per heavy atom. The van der Waals surface area contributed by atoms with Crippen molar-refractivity contribution in [3.05, 3.63) is 77.1 Å². The topological polar surface area (TPSA) is 73.9 Å². The van der Waals surface area contributed by atoms with Gasteiger partial charge in [-0.05, 0) is 35.9 Å². The molecule has 0 saturated heterocycles. The van der Waals surface area contributed by atoms with Gasteiger partial charge in [0.25, 0.3) is 0 Å². The van der Waals surface area contributed by atoms with E-state index in [-0.39, 0.29) is 12.1 Å². The van der Waals surface area contributed by atoms with Gasteiger partial charge in [-0.2, -0.15) is 0 Å². The molecule has 0 radical (unpaired) electrons. The van der Waals surface area contributed by atoms with Gasteiger partial charge in [-0.25, -0.2) is 9.78 Å². The van der Waals surface area contributed by atoms with Crippen molar-refractivity contribution in [3.63, 3.8) is 0 Å². The van der Waals surface area contributed by atoms with Crippen LogP contribution in [0.4, 0.5) is 10.5 Å². The number of carbonyl (C=O) groups excluding carboxylic acids is 1. The van der Waals surface area contributed by atoms with Crippen LogP contribution in [0.25, 0.3) is 0 Å². The number of hydrogen-bond donors (Lipinski definition) is 2. The average molecular weight is 354 g/mol. The summed E-state index contributed by atoms with van der Waals surface area (Å²) in [5, 5.41) is 3.50. The molecule has 0 fully saturated rings. The summed E-state index contributed by atoms with van der Waals surface area (Å²) in [6.45, 7) is 0.592. The molecule has 0 spiro atoms. The summed E-state index contributed by atoms with van der Waals surface area (Å²) in [7, 11) is 0. The zero-order chi connectivity index (χ0) is 17.2. The maximum absolute atomic E-state index is 12.9. The van der Waals surface area contributed by atoms with Crippen molar-refractivity contribution < 1.29 is 4.79 Å². The maximum atomic E-state index is 12.9. The fourth-order valence-electron chi connectivity index (χ4n) is 3.14. The van der Waals surface area contributed by atoms with E-state index in [0.29, 0.717) is 17.3 Å². The van der Waals surface area contributed by atoms with E-state index >= 15 is 0 Å². The van der Waals surface area contributed by atoms with Gasteiger partial charge in [0.15, 0.2) is 0 Å². The van der Waals surface area contributed by atoms with Crippen LogP contribution in [0, 0.1) is 0 Å². The van der Waals surface area contributed by atoms with Crippen molar-refractivity contribution in [3.8, 4) is 0 Å². The number of aromatic amines is 1. The predicted octanol–water partition coefficient (Wildman–Crippen LogP) is 3.64. The number of rotatable bonds is 2. The molecule has 2 amide bonds. The SMILES string of the molecule is O=C(Nc1cccc(Cl)c1)N1CCc2[nH]cnc2[C@H]1c1ccncc1. The van der Waals surface area contributed by atoms with Crippen molar-refractivity contribution in [2.45, 2.75) is 12.5 Å². The fourth-order valence-corrected chi connectivity index (χ4v) is 3.33. The lowest BCUT2D eigenvalue weighted by atomic mass is 9.97. The van der Waals surface area contributed by atoms with Crippen molar-refractivity contribution >= 4 is 23.3 Å². The molecule has 7 heteroatoms. The second kappa shape index (κ2) is 6.57. The molecule has 0 bridgehead atoms. The van der Waals surface area contributed by atoms with E-state index in [2.05, 4.69) is 20.3 Å². The molecular weight excluding hydrogens is 338 g/mol. The highest BCUT2D eigenvalue weighted by Crippen LogP contribution is 2.33. The lowest BCUT2D eigenvalue weighted by molar-refractivity contribution is 0.192. The van der Waals surface area contributed by atoms with Gasteiger partial charge >= 0.3 is 6.03 Å². The number of nitrogens with zero attached hydrogens (tertiary/aromatic N) is 3. The highest BCUT2D eigenvalue weighted by molar-refractivity contribution is 6.30. The normalized spacial score (nSPS) is 16.4. The zero-order valence-electron chi connectivity index (χ0n) is 13.3. The number of aromatic nitrogens is 3. The van der Waals surface area contributed by atoms with E-state index in [0.717, 1.165) is 23.4 Å². The predicted molar refractivity (Wildman–Crippen MR) is 95.5 cm³/mol. The molecule has 1 aliphatic heterocycles. The van der Waals surface area contributed by atoms with Gasteiger partial charge in [0.1, 0.15) is 6.04 Å². The van der Waals surface area contributed by atoms with Crippen molar-refractivity contribution in [2.75, 3.05) is 11.9 Å². The van der Waals surface area contributed by atoms with Crippen LogP contribution in [0.15, 0.2) is 55.1 Å². The molecule has 1 aromatic carbocycles. The number of amides is 2. The number of urea groups is 1. The molecule has 4 rings (SSSR count). The number of carbonyl (C=O) groups is 1. The number of H-pyrrole nitrogens is 1. The van der Waals surface area contributed by atoms with Gasteiger partial charge in [0.2, 0.25) is 0 Å². The van der Waals surface area contributed by atoms with Crippen LogP contribution in [-0.2, 0) is 6.42 Å². The summed E-state index contributed by atoms with van der Waals surface area (Å²) in [6.07, 6.45) is 5.86. The first kappa shape index (κ1) is 15.7. The Labute approximate surface area is 149 Å². The number of anilines is 1. The monoisotopic (exact) mass is 353 g/mol. The quantitative estimate of drug-likeness (QED) is 0.738. The molecule has 1 atom stereocenters. The van der Waals surface area contributed by atoms with Crippen LogP contribution >= 0.6 is 11.6 Å². The lowest BCUT2D eigenvalue weighted by Gasteiger charge is -2.35. The van der Waals surface area contributed by atoms with Crippen LogP contribution in [0.2, 0.25) is 5.02 Å². The summed E-state index contributed by atoms with van der Waals surface area (Å²) in [6, 6.07) is 10.5.